The first-order valence-electron chi connectivity index (χ1n) is 7.25. The number of aromatic nitrogens is 1. The predicted molar refractivity (Wildman–Crippen MR) is 86.4 cm³/mol. The molecule has 0 aliphatic heterocycles. The molecule has 1 amide bonds. The molecule has 0 fully saturated rings. The van der Waals surface area contributed by atoms with Gasteiger partial charge in [-0.15, -0.1) is 0 Å². The second-order valence-electron chi connectivity index (χ2n) is 5.59. The number of amides is 1. The summed E-state index contributed by atoms with van der Waals surface area (Å²) >= 11 is 0. The van der Waals surface area contributed by atoms with Gasteiger partial charge in [-0.05, 0) is 26.3 Å². The molecule has 1 N–H and O–H groups in total. The smallest absolute Gasteiger partial charge is 0.238 e. The number of sulfone groups is 1. The maximum atomic E-state index is 12.3. The molecule has 124 valence electrons. The molecule has 0 spiro atoms. The Morgan fingerprint density at radius 2 is 1.91 bits per heavy atom. The van der Waals surface area contributed by atoms with Crippen molar-refractivity contribution < 1.29 is 17.7 Å². The molecule has 1 heterocycles. The lowest BCUT2D eigenvalue weighted by atomic mass is 10.1. The van der Waals surface area contributed by atoms with Crippen LogP contribution in [0, 0.1) is 13.8 Å². The minimum absolute atomic E-state index is 0.237. The van der Waals surface area contributed by atoms with Crippen LogP contribution in [0.25, 0.3) is 0 Å². The predicted octanol–water partition coefficient (Wildman–Crippen LogP) is 1.91. The van der Waals surface area contributed by atoms with Gasteiger partial charge >= 0.3 is 0 Å². The molecule has 0 radical (unpaired) electrons. The summed E-state index contributed by atoms with van der Waals surface area (Å²) in [6, 6.07) is 9.22. The summed E-state index contributed by atoms with van der Waals surface area (Å²) in [5, 5.41) is 5.14. The van der Waals surface area contributed by atoms with E-state index in [9.17, 15) is 13.2 Å². The van der Waals surface area contributed by atoms with Crippen molar-refractivity contribution in [1.82, 2.24) is 10.5 Å². The molecule has 0 aliphatic rings. The molecule has 1 aromatic heterocycles. The molecular weight excluding hydrogens is 316 g/mol. The van der Waals surface area contributed by atoms with E-state index in [4.69, 9.17) is 4.52 Å². The van der Waals surface area contributed by atoms with Gasteiger partial charge in [0, 0.05) is 12.6 Å². The fraction of sp³-hybridized carbons (Fsp3) is 0.375. The maximum Gasteiger partial charge on any atom is 0.238 e. The zero-order valence-electron chi connectivity index (χ0n) is 13.4. The van der Waals surface area contributed by atoms with E-state index < -0.39 is 21.0 Å². The molecule has 1 aromatic carbocycles. The van der Waals surface area contributed by atoms with Crippen molar-refractivity contribution in [2.24, 2.45) is 0 Å². The molecule has 2 aromatic rings. The lowest BCUT2D eigenvalue weighted by Gasteiger charge is -2.12. The van der Waals surface area contributed by atoms with Crippen molar-refractivity contribution in [1.29, 1.82) is 0 Å². The Hall–Kier alpha value is -2.15. The summed E-state index contributed by atoms with van der Waals surface area (Å²) in [6.07, 6.45) is 0. The number of nitrogens with one attached hydrogen (secondary N) is 1. The Bertz CT molecular complexity index is 779. The standard InChI is InChI=1S/C16H20N2O4S/c1-11-4-6-14(7-5-11)9-17-16(19)13(3)23(20,21)10-15-8-12(2)18-22-15/h4-8,13H,9-10H2,1-3H3,(H,17,19). The van der Waals surface area contributed by atoms with E-state index in [-0.39, 0.29) is 11.5 Å². The number of hydrogen-bond acceptors (Lipinski definition) is 5. The van der Waals surface area contributed by atoms with E-state index >= 15 is 0 Å². The molecular formula is C16H20N2O4S. The molecule has 1 unspecified atom stereocenters. The third-order valence-corrected chi connectivity index (χ3v) is 5.49. The number of carbonyl (C=O) groups excluding carboxylic acids is 1. The fourth-order valence-electron chi connectivity index (χ4n) is 2.01. The largest absolute Gasteiger partial charge is 0.360 e. The highest BCUT2D eigenvalue weighted by Gasteiger charge is 2.29. The van der Waals surface area contributed by atoms with Crippen LogP contribution in [-0.2, 0) is 26.9 Å². The molecule has 0 bridgehead atoms. The first-order valence-corrected chi connectivity index (χ1v) is 8.96. The van der Waals surface area contributed by atoms with Crippen molar-refractivity contribution in [3.63, 3.8) is 0 Å². The van der Waals surface area contributed by atoms with E-state index in [1.54, 1.807) is 13.0 Å². The number of aryl methyl sites for hydroxylation is 2. The van der Waals surface area contributed by atoms with E-state index in [0.29, 0.717) is 12.2 Å². The van der Waals surface area contributed by atoms with Gasteiger partial charge in [0.25, 0.3) is 0 Å². The monoisotopic (exact) mass is 336 g/mol. The first kappa shape index (κ1) is 17.2. The Balaban J connectivity index is 1.96. The Morgan fingerprint density at radius 1 is 1.26 bits per heavy atom. The van der Waals surface area contributed by atoms with Crippen LogP contribution in [0.1, 0.15) is 29.5 Å². The summed E-state index contributed by atoms with van der Waals surface area (Å²) in [6.45, 7) is 5.35. The number of hydrogen-bond donors (Lipinski definition) is 1. The lowest BCUT2D eigenvalue weighted by Crippen LogP contribution is -2.38. The topological polar surface area (TPSA) is 89.3 Å². The van der Waals surface area contributed by atoms with E-state index in [0.717, 1.165) is 11.1 Å². The molecule has 6 nitrogen and oxygen atoms in total. The quantitative estimate of drug-likeness (QED) is 0.870. The summed E-state index contributed by atoms with van der Waals surface area (Å²) in [4.78, 5) is 12.1. The van der Waals surface area contributed by atoms with Gasteiger partial charge in [0.1, 0.15) is 11.0 Å². The minimum Gasteiger partial charge on any atom is -0.360 e. The summed E-state index contributed by atoms with van der Waals surface area (Å²) in [5.41, 5.74) is 2.64. The van der Waals surface area contributed by atoms with Gasteiger partial charge in [0.2, 0.25) is 5.91 Å². The van der Waals surface area contributed by atoms with Crippen molar-refractivity contribution in [2.75, 3.05) is 0 Å². The van der Waals surface area contributed by atoms with Crippen LogP contribution in [0.5, 0.6) is 0 Å². The first-order chi connectivity index (χ1) is 10.8. The van der Waals surface area contributed by atoms with Crippen molar-refractivity contribution >= 4 is 15.7 Å². The molecule has 0 saturated carbocycles. The molecule has 7 heteroatoms. The van der Waals surface area contributed by atoms with Crippen molar-refractivity contribution in [2.45, 2.75) is 38.3 Å². The second kappa shape index (κ2) is 6.95. The van der Waals surface area contributed by atoms with Gasteiger partial charge in [0.05, 0.1) is 5.69 Å². The maximum absolute atomic E-state index is 12.3. The number of nitrogens with zero attached hydrogens (tertiary/aromatic N) is 1. The van der Waals surface area contributed by atoms with Crippen LogP contribution >= 0.6 is 0 Å². The van der Waals surface area contributed by atoms with E-state index in [1.807, 2.05) is 31.2 Å². The van der Waals surface area contributed by atoms with Crippen LogP contribution in [0.2, 0.25) is 0 Å². The highest BCUT2D eigenvalue weighted by Crippen LogP contribution is 2.13. The molecule has 2 rings (SSSR count). The van der Waals surface area contributed by atoms with Crippen molar-refractivity contribution in [3.05, 3.63) is 52.9 Å². The summed E-state index contributed by atoms with van der Waals surface area (Å²) in [7, 11) is -3.66. The Kier molecular flexibility index (Phi) is 5.20. The van der Waals surface area contributed by atoms with Gasteiger partial charge < -0.3 is 9.84 Å². The van der Waals surface area contributed by atoms with Crippen LogP contribution in [-0.4, -0.2) is 24.7 Å². The number of rotatable bonds is 6. The van der Waals surface area contributed by atoms with Crippen LogP contribution in [0.15, 0.2) is 34.9 Å². The van der Waals surface area contributed by atoms with Crippen molar-refractivity contribution in [3.8, 4) is 0 Å². The lowest BCUT2D eigenvalue weighted by molar-refractivity contribution is -0.120. The van der Waals surface area contributed by atoms with Gasteiger partial charge in [-0.1, -0.05) is 35.0 Å². The molecule has 0 saturated heterocycles. The van der Waals surface area contributed by atoms with Gasteiger partial charge in [-0.25, -0.2) is 8.42 Å². The van der Waals surface area contributed by atoms with Gasteiger partial charge in [-0.2, -0.15) is 0 Å². The van der Waals surface area contributed by atoms with Gasteiger partial charge in [0.15, 0.2) is 15.6 Å². The average Bonchev–Trinajstić information content (AvgIpc) is 2.90. The fourth-order valence-corrected chi connectivity index (χ4v) is 3.20. The highest BCUT2D eigenvalue weighted by molar-refractivity contribution is 7.92. The Morgan fingerprint density at radius 3 is 2.48 bits per heavy atom. The van der Waals surface area contributed by atoms with Crippen LogP contribution in [0.3, 0.4) is 0 Å². The molecule has 0 aliphatic carbocycles. The normalized spacial score (nSPS) is 12.8. The van der Waals surface area contributed by atoms with Crippen LogP contribution in [0.4, 0.5) is 0 Å². The van der Waals surface area contributed by atoms with E-state index in [1.165, 1.54) is 6.92 Å². The second-order valence-corrected chi connectivity index (χ2v) is 7.91. The summed E-state index contributed by atoms with van der Waals surface area (Å²) < 4.78 is 29.4. The number of carbonyl (C=O) groups is 1. The Labute approximate surface area is 135 Å². The minimum atomic E-state index is -3.66. The highest BCUT2D eigenvalue weighted by atomic mass is 32.2. The van der Waals surface area contributed by atoms with Gasteiger partial charge in [-0.3, -0.25) is 4.79 Å². The molecule has 23 heavy (non-hydrogen) atoms. The number of benzene rings is 1. The zero-order valence-corrected chi connectivity index (χ0v) is 14.2. The third-order valence-electron chi connectivity index (χ3n) is 3.52. The average molecular weight is 336 g/mol. The van der Waals surface area contributed by atoms with E-state index in [2.05, 4.69) is 10.5 Å². The van der Waals surface area contributed by atoms with Crippen LogP contribution < -0.4 is 5.32 Å². The SMILES string of the molecule is Cc1ccc(CNC(=O)C(C)S(=O)(=O)Cc2cc(C)no2)cc1. The summed E-state index contributed by atoms with van der Waals surface area (Å²) in [5.74, 6) is -0.630. The molecule has 1 atom stereocenters. The zero-order chi connectivity index (χ0) is 17.0. The third kappa shape index (κ3) is 4.66.